The zero-order valence-corrected chi connectivity index (χ0v) is 12.7. The Morgan fingerprint density at radius 1 is 1.41 bits per heavy atom. The van der Waals surface area contributed by atoms with Crippen molar-refractivity contribution in [1.82, 2.24) is 9.36 Å². The van der Waals surface area contributed by atoms with Crippen molar-refractivity contribution >= 4 is 28.4 Å². The van der Waals surface area contributed by atoms with Crippen LogP contribution in [0.25, 0.3) is 0 Å². The van der Waals surface area contributed by atoms with Crippen LogP contribution in [0.5, 0.6) is 0 Å². The first-order valence-electron chi connectivity index (χ1n) is 6.18. The molecule has 0 aromatic carbocycles. The molecule has 1 aromatic rings. The predicted molar refractivity (Wildman–Crippen MR) is 77.2 cm³/mol. The molecule has 0 N–H and O–H groups in total. The summed E-state index contributed by atoms with van der Waals surface area (Å²) < 4.78 is 4.80. The third-order valence-electron chi connectivity index (χ3n) is 2.74. The van der Waals surface area contributed by atoms with Gasteiger partial charge in [-0.2, -0.15) is 16.1 Å². The zero-order valence-electron chi connectivity index (χ0n) is 11.1. The van der Waals surface area contributed by atoms with E-state index in [4.69, 9.17) is 0 Å². The van der Waals surface area contributed by atoms with Crippen molar-refractivity contribution in [2.45, 2.75) is 38.9 Å². The Hall–Kier alpha value is -0.290. The largest absolute Gasteiger partial charge is 0.345 e. The highest BCUT2D eigenvalue weighted by Crippen LogP contribution is 2.32. The summed E-state index contributed by atoms with van der Waals surface area (Å²) in [5.74, 6) is 2.83. The Morgan fingerprint density at radius 3 is 2.82 bits per heavy atom. The molecule has 3 nitrogen and oxygen atoms in total. The summed E-state index contributed by atoms with van der Waals surface area (Å²) >= 11 is 3.61. The van der Waals surface area contributed by atoms with Crippen molar-refractivity contribution in [2.75, 3.05) is 23.7 Å². The Morgan fingerprint density at radius 2 is 2.18 bits per heavy atom. The second-order valence-electron chi connectivity index (χ2n) is 5.62. The van der Waals surface area contributed by atoms with E-state index < -0.39 is 0 Å². The lowest BCUT2D eigenvalue weighted by Gasteiger charge is -2.37. The maximum Gasteiger partial charge on any atom is 0.205 e. The van der Waals surface area contributed by atoms with Gasteiger partial charge in [0.25, 0.3) is 0 Å². The van der Waals surface area contributed by atoms with Crippen molar-refractivity contribution in [1.29, 1.82) is 0 Å². The molecule has 0 atom stereocenters. The van der Waals surface area contributed by atoms with Crippen molar-refractivity contribution in [2.24, 2.45) is 5.92 Å². The van der Waals surface area contributed by atoms with Gasteiger partial charge in [0.05, 0.1) is 0 Å². The molecule has 1 aliphatic heterocycles. The standard InChI is InChI=1S/C12H21N3S2/c1-9(2)7-10-13-11(17-14-10)15-5-6-16-12(3,4)8-15/h9H,5-8H2,1-4H3. The van der Waals surface area contributed by atoms with Gasteiger partial charge in [-0.1, -0.05) is 13.8 Å². The lowest BCUT2D eigenvalue weighted by Crippen LogP contribution is -2.43. The molecule has 0 spiro atoms. The molecule has 17 heavy (non-hydrogen) atoms. The van der Waals surface area contributed by atoms with Crippen LogP contribution in [0.2, 0.25) is 0 Å². The van der Waals surface area contributed by atoms with Crippen LogP contribution in [0.4, 0.5) is 5.13 Å². The first-order valence-corrected chi connectivity index (χ1v) is 7.94. The maximum absolute atomic E-state index is 4.66. The zero-order chi connectivity index (χ0) is 12.5. The summed E-state index contributed by atoms with van der Waals surface area (Å²) in [6, 6.07) is 0. The quantitative estimate of drug-likeness (QED) is 0.845. The molecule has 1 fully saturated rings. The van der Waals surface area contributed by atoms with Gasteiger partial charge in [0.1, 0.15) is 5.82 Å². The Bertz CT molecular complexity index is 374. The van der Waals surface area contributed by atoms with Crippen LogP contribution in [0, 0.1) is 5.92 Å². The third-order valence-corrected chi connectivity index (χ3v) is 4.86. The van der Waals surface area contributed by atoms with Crippen LogP contribution in [0.3, 0.4) is 0 Å². The Labute approximate surface area is 112 Å². The highest BCUT2D eigenvalue weighted by atomic mass is 32.2. The summed E-state index contributed by atoms with van der Waals surface area (Å²) in [5.41, 5.74) is 0. The van der Waals surface area contributed by atoms with E-state index in [2.05, 4.69) is 53.7 Å². The van der Waals surface area contributed by atoms with Gasteiger partial charge in [0, 0.05) is 41.5 Å². The van der Waals surface area contributed by atoms with Gasteiger partial charge in [-0.15, -0.1) is 0 Å². The summed E-state index contributed by atoms with van der Waals surface area (Å²) in [6.45, 7) is 11.2. The molecule has 0 radical (unpaired) electrons. The molecule has 0 unspecified atom stereocenters. The van der Waals surface area contributed by atoms with E-state index in [1.165, 1.54) is 5.75 Å². The smallest absolute Gasteiger partial charge is 0.205 e. The first kappa shape index (κ1) is 13.1. The summed E-state index contributed by atoms with van der Waals surface area (Å²) in [4.78, 5) is 7.05. The molecular formula is C12H21N3S2. The van der Waals surface area contributed by atoms with E-state index in [9.17, 15) is 0 Å². The van der Waals surface area contributed by atoms with Crippen molar-refractivity contribution < 1.29 is 0 Å². The monoisotopic (exact) mass is 271 g/mol. The average molecular weight is 271 g/mol. The van der Waals surface area contributed by atoms with E-state index >= 15 is 0 Å². The Kier molecular flexibility index (Phi) is 3.98. The van der Waals surface area contributed by atoms with Crippen LogP contribution >= 0.6 is 23.3 Å². The Balaban J connectivity index is 2.04. The fraction of sp³-hybridized carbons (Fsp3) is 0.833. The van der Waals surface area contributed by atoms with Crippen molar-refractivity contribution in [3.8, 4) is 0 Å². The maximum atomic E-state index is 4.66. The first-order chi connectivity index (χ1) is 7.96. The van der Waals surface area contributed by atoms with Crippen molar-refractivity contribution in [3.05, 3.63) is 5.82 Å². The molecule has 5 heteroatoms. The molecule has 0 aliphatic carbocycles. The third kappa shape index (κ3) is 3.58. The SMILES string of the molecule is CC(C)Cc1nsc(N2CCSC(C)(C)C2)n1. The lowest BCUT2D eigenvalue weighted by atomic mass is 10.1. The molecular weight excluding hydrogens is 250 g/mol. The molecule has 1 aliphatic rings. The van der Waals surface area contributed by atoms with Gasteiger partial charge >= 0.3 is 0 Å². The molecule has 0 saturated carbocycles. The van der Waals surface area contributed by atoms with Gasteiger partial charge in [-0.05, 0) is 19.8 Å². The normalized spacial score (nSPS) is 19.9. The van der Waals surface area contributed by atoms with Gasteiger partial charge in [0.2, 0.25) is 5.13 Å². The summed E-state index contributed by atoms with van der Waals surface area (Å²) in [6.07, 6.45) is 0.989. The molecule has 0 amide bonds. The number of hydrogen-bond acceptors (Lipinski definition) is 5. The lowest BCUT2D eigenvalue weighted by molar-refractivity contribution is 0.621. The topological polar surface area (TPSA) is 29.0 Å². The number of anilines is 1. The molecule has 2 heterocycles. The minimum absolute atomic E-state index is 0.335. The fourth-order valence-corrected chi connectivity index (χ4v) is 3.83. The summed E-state index contributed by atoms with van der Waals surface area (Å²) in [5, 5.41) is 1.11. The predicted octanol–water partition coefficient (Wildman–Crippen LogP) is 3.07. The highest BCUT2D eigenvalue weighted by molar-refractivity contribution is 8.00. The van der Waals surface area contributed by atoms with Crippen molar-refractivity contribution in [3.63, 3.8) is 0 Å². The number of aromatic nitrogens is 2. The summed E-state index contributed by atoms with van der Waals surface area (Å²) in [7, 11) is 0. The number of thioether (sulfide) groups is 1. The van der Waals surface area contributed by atoms with E-state index in [0.29, 0.717) is 10.7 Å². The minimum atomic E-state index is 0.335. The van der Waals surface area contributed by atoms with Gasteiger partial charge in [0.15, 0.2) is 0 Å². The van der Waals surface area contributed by atoms with Gasteiger partial charge < -0.3 is 4.90 Å². The van der Waals surface area contributed by atoms with E-state index in [1.54, 1.807) is 11.5 Å². The van der Waals surface area contributed by atoms with Gasteiger partial charge in [-0.25, -0.2) is 4.98 Å². The minimum Gasteiger partial charge on any atom is -0.345 e. The molecule has 1 aromatic heterocycles. The van der Waals surface area contributed by atoms with Crippen LogP contribution in [-0.4, -0.2) is 32.9 Å². The molecule has 2 rings (SSSR count). The number of rotatable bonds is 3. The van der Waals surface area contributed by atoms with E-state index in [1.807, 2.05) is 0 Å². The van der Waals surface area contributed by atoms with Crippen LogP contribution in [-0.2, 0) is 6.42 Å². The van der Waals surface area contributed by atoms with E-state index in [-0.39, 0.29) is 0 Å². The highest BCUT2D eigenvalue weighted by Gasteiger charge is 2.28. The van der Waals surface area contributed by atoms with Crippen LogP contribution in [0.1, 0.15) is 33.5 Å². The number of hydrogen-bond donors (Lipinski definition) is 0. The average Bonchev–Trinajstić information content (AvgIpc) is 2.63. The number of nitrogens with zero attached hydrogens (tertiary/aromatic N) is 3. The second-order valence-corrected chi connectivity index (χ2v) is 8.15. The molecule has 1 saturated heterocycles. The van der Waals surface area contributed by atoms with Crippen LogP contribution < -0.4 is 4.90 Å². The van der Waals surface area contributed by atoms with E-state index in [0.717, 1.165) is 30.5 Å². The van der Waals surface area contributed by atoms with Gasteiger partial charge in [-0.3, -0.25) is 0 Å². The van der Waals surface area contributed by atoms with Crippen LogP contribution in [0.15, 0.2) is 0 Å². The molecule has 96 valence electrons. The second kappa shape index (κ2) is 5.14. The fourth-order valence-electron chi connectivity index (χ4n) is 2.00. The molecule has 0 bridgehead atoms.